The molecule has 4 aromatic heterocycles. The Bertz CT molecular complexity index is 1270. The lowest BCUT2D eigenvalue weighted by molar-refractivity contribution is -0.137. The molecule has 0 aliphatic heterocycles. The molecule has 0 spiro atoms. The zero-order valence-electron chi connectivity index (χ0n) is 15.5. The van der Waals surface area contributed by atoms with Crippen LogP contribution < -0.4 is 5.56 Å². The maximum Gasteiger partial charge on any atom is 0.443 e. The average Bonchev–Trinajstić information content (AvgIpc) is 3.24. The quantitative estimate of drug-likeness (QED) is 0.529. The van der Waals surface area contributed by atoms with Gasteiger partial charge in [-0.1, -0.05) is 0 Å². The first kappa shape index (κ1) is 20.1. The summed E-state index contributed by atoms with van der Waals surface area (Å²) in [5.74, 6) is 0. The van der Waals surface area contributed by atoms with Crippen molar-refractivity contribution in [3.05, 3.63) is 58.5 Å². The Kier molecular flexibility index (Phi) is 5.08. The maximum absolute atomic E-state index is 13.0. The number of pyridine rings is 2. The molecular formula is C19H14F3N5O2S. The van der Waals surface area contributed by atoms with Crippen molar-refractivity contribution in [3.63, 3.8) is 0 Å². The second kappa shape index (κ2) is 7.58. The number of halogens is 3. The molecule has 7 nitrogen and oxygen atoms in total. The minimum Gasteiger partial charge on any atom is -0.394 e. The van der Waals surface area contributed by atoms with Gasteiger partial charge >= 0.3 is 6.18 Å². The number of thiazole rings is 1. The van der Waals surface area contributed by atoms with E-state index in [1.165, 1.54) is 23.2 Å². The Morgan fingerprint density at radius 3 is 2.70 bits per heavy atom. The van der Waals surface area contributed by atoms with E-state index < -0.39 is 22.8 Å². The Morgan fingerprint density at radius 2 is 2.07 bits per heavy atom. The highest BCUT2D eigenvalue weighted by Gasteiger charge is 2.35. The lowest BCUT2D eigenvalue weighted by Crippen LogP contribution is -2.25. The summed E-state index contributed by atoms with van der Waals surface area (Å²) in [6.07, 6.45) is 0.929. The summed E-state index contributed by atoms with van der Waals surface area (Å²) in [5, 5.41) is 8.58. The molecule has 4 rings (SSSR count). The van der Waals surface area contributed by atoms with E-state index in [9.17, 15) is 23.1 Å². The van der Waals surface area contributed by atoms with Gasteiger partial charge in [0.1, 0.15) is 5.52 Å². The third kappa shape index (κ3) is 3.57. The number of alkyl halides is 3. The van der Waals surface area contributed by atoms with E-state index >= 15 is 0 Å². The minimum atomic E-state index is -4.57. The van der Waals surface area contributed by atoms with Crippen LogP contribution in [-0.2, 0) is 6.18 Å². The third-order valence-electron chi connectivity index (χ3n) is 4.44. The maximum atomic E-state index is 13.0. The van der Waals surface area contributed by atoms with Crippen LogP contribution in [0.15, 0.2) is 47.9 Å². The molecule has 0 amide bonds. The van der Waals surface area contributed by atoms with Gasteiger partial charge in [0.15, 0.2) is 5.01 Å². The van der Waals surface area contributed by atoms with Crippen LogP contribution in [0, 0.1) is 0 Å². The van der Waals surface area contributed by atoms with Crippen LogP contribution in [0.1, 0.15) is 18.0 Å². The van der Waals surface area contributed by atoms with Crippen molar-refractivity contribution in [2.45, 2.75) is 19.1 Å². The molecule has 0 aliphatic carbocycles. The molecule has 30 heavy (non-hydrogen) atoms. The summed E-state index contributed by atoms with van der Waals surface area (Å²) < 4.78 is 40.2. The van der Waals surface area contributed by atoms with Crippen LogP contribution in [0.3, 0.4) is 0 Å². The standard InChI is InChI=1S/C19H14F3N5O2S/c1-10(8-28)27-9-25-16-12(17(27)29)5-13(14-7-24-18(30-14)19(20,21)22)26-15(16)11-3-2-4-23-6-11/h2-7,9-10,28H,8H2,1H3. The molecule has 154 valence electrons. The van der Waals surface area contributed by atoms with Crippen molar-refractivity contribution < 1.29 is 18.3 Å². The molecular weight excluding hydrogens is 419 g/mol. The molecule has 0 aromatic carbocycles. The van der Waals surface area contributed by atoms with Gasteiger partial charge in [0.25, 0.3) is 5.56 Å². The predicted molar refractivity (Wildman–Crippen MR) is 105 cm³/mol. The topological polar surface area (TPSA) is 93.8 Å². The highest BCUT2D eigenvalue weighted by atomic mass is 32.1. The third-order valence-corrected chi connectivity index (χ3v) is 5.51. The molecule has 4 heterocycles. The average molecular weight is 433 g/mol. The van der Waals surface area contributed by atoms with Gasteiger partial charge in [-0.2, -0.15) is 13.2 Å². The number of aliphatic hydroxyl groups excluding tert-OH is 1. The van der Waals surface area contributed by atoms with Crippen molar-refractivity contribution in [2.24, 2.45) is 0 Å². The minimum absolute atomic E-state index is 0.166. The summed E-state index contributed by atoms with van der Waals surface area (Å²) in [6.45, 7) is 1.38. The number of hydrogen-bond acceptors (Lipinski definition) is 7. The van der Waals surface area contributed by atoms with Gasteiger partial charge in [0, 0.05) is 24.2 Å². The zero-order valence-corrected chi connectivity index (χ0v) is 16.3. The fourth-order valence-electron chi connectivity index (χ4n) is 2.90. The molecule has 1 atom stereocenters. The molecule has 11 heteroatoms. The van der Waals surface area contributed by atoms with Crippen molar-refractivity contribution in [3.8, 4) is 21.8 Å². The van der Waals surface area contributed by atoms with Gasteiger partial charge < -0.3 is 5.11 Å². The van der Waals surface area contributed by atoms with Gasteiger partial charge in [-0.3, -0.25) is 14.3 Å². The molecule has 0 fully saturated rings. The Balaban J connectivity index is 2.01. The van der Waals surface area contributed by atoms with Crippen LogP contribution >= 0.6 is 11.3 Å². The van der Waals surface area contributed by atoms with E-state index in [4.69, 9.17) is 0 Å². The number of fused-ring (bicyclic) bond motifs is 1. The predicted octanol–water partition coefficient (Wildman–Crippen LogP) is 3.55. The van der Waals surface area contributed by atoms with E-state index in [1.54, 1.807) is 25.3 Å². The number of aromatic nitrogens is 5. The molecule has 0 aliphatic rings. The van der Waals surface area contributed by atoms with Crippen LogP contribution in [0.2, 0.25) is 0 Å². The first-order chi connectivity index (χ1) is 14.3. The summed E-state index contributed by atoms with van der Waals surface area (Å²) in [5.41, 5.74) is 0.903. The van der Waals surface area contributed by atoms with E-state index in [0.29, 0.717) is 28.1 Å². The Labute approximate surface area is 171 Å². The number of nitrogens with zero attached hydrogens (tertiary/aromatic N) is 5. The number of rotatable bonds is 4. The lowest BCUT2D eigenvalue weighted by atomic mass is 10.1. The van der Waals surface area contributed by atoms with Crippen LogP contribution in [0.5, 0.6) is 0 Å². The number of hydrogen-bond donors (Lipinski definition) is 1. The van der Waals surface area contributed by atoms with Crippen molar-refractivity contribution in [1.82, 2.24) is 24.5 Å². The monoisotopic (exact) mass is 433 g/mol. The fraction of sp³-hybridized carbons (Fsp3) is 0.211. The molecule has 1 unspecified atom stereocenters. The summed E-state index contributed by atoms with van der Waals surface area (Å²) in [7, 11) is 0. The Morgan fingerprint density at radius 1 is 1.27 bits per heavy atom. The summed E-state index contributed by atoms with van der Waals surface area (Å²) >= 11 is 0.443. The SMILES string of the molecule is CC(CO)n1cnc2c(-c3cccnc3)nc(-c3cnc(C(F)(F)F)s3)cc2c1=O. The van der Waals surface area contributed by atoms with Crippen LogP contribution in [0.4, 0.5) is 13.2 Å². The van der Waals surface area contributed by atoms with E-state index in [-0.39, 0.29) is 22.6 Å². The second-order valence-electron chi connectivity index (χ2n) is 6.51. The molecule has 0 saturated heterocycles. The molecule has 4 aromatic rings. The van der Waals surface area contributed by atoms with Crippen LogP contribution in [-0.4, -0.2) is 36.2 Å². The second-order valence-corrected chi connectivity index (χ2v) is 7.54. The highest BCUT2D eigenvalue weighted by Crippen LogP contribution is 2.37. The number of aliphatic hydroxyl groups is 1. The van der Waals surface area contributed by atoms with Gasteiger partial charge in [-0.25, -0.2) is 15.0 Å². The van der Waals surface area contributed by atoms with E-state index in [1.807, 2.05) is 0 Å². The lowest BCUT2D eigenvalue weighted by Gasteiger charge is -2.14. The van der Waals surface area contributed by atoms with Gasteiger partial charge in [-0.05, 0) is 25.1 Å². The van der Waals surface area contributed by atoms with Gasteiger partial charge in [0.05, 0.1) is 40.6 Å². The molecule has 0 bridgehead atoms. The van der Waals surface area contributed by atoms with Crippen molar-refractivity contribution >= 4 is 22.2 Å². The summed E-state index contributed by atoms with van der Waals surface area (Å²) in [6, 6.07) is 4.28. The van der Waals surface area contributed by atoms with Crippen molar-refractivity contribution in [2.75, 3.05) is 6.61 Å². The van der Waals surface area contributed by atoms with Gasteiger partial charge in [-0.15, -0.1) is 11.3 Å². The van der Waals surface area contributed by atoms with Crippen molar-refractivity contribution in [1.29, 1.82) is 0 Å². The van der Waals surface area contributed by atoms with E-state index in [2.05, 4.69) is 19.9 Å². The summed E-state index contributed by atoms with van der Waals surface area (Å²) in [4.78, 5) is 29.5. The highest BCUT2D eigenvalue weighted by molar-refractivity contribution is 7.15. The molecule has 1 N–H and O–H groups in total. The smallest absolute Gasteiger partial charge is 0.394 e. The molecule has 0 radical (unpaired) electrons. The normalized spacial score (nSPS) is 13.0. The first-order valence-corrected chi connectivity index (χ1v) is 9.57. The zero-order chi connectivity index (χ0) is 21.5. The largest absolute Gasteiger partial charge is 0.443 e. The fourth-order valence-corrected chi connectivity index (χ4v) is 3.64. The van der Waals surface area contributed by atoms with Crippen LogP contribution in [0.25, 0.3) is 32.7 Å². The first-order valence-electron chi connectivity index (χ1n) is 8.76. The Hall–Kier alpha value is -3.18. The molecule has 0 saturated carbocycles. The van der Waals surface area contributed by atoms with E-state index in [0.717, 1.165) is 6.20 Å². The van der Waals surface area contributed by atoms with Gasteiger partial charge in [0.2, 0.25) is 0 Å².